The normalized spacial score (nSPS) is 12.8. The Morgan fingerprint density at radius 1 is 1.00 bits per heavy atom. The van der Waals surface area contributed by atoms with Gasteiger partial charge in [0.05, 0.1) is 16.8 Å². The first-order chi connectivity index (χ1) is 11.5. The lowest BCUT2D eigenvalue weighted by molar-refractivity contribution is 0.190. The molecule has 0 bridgehead atoms. The molecule has 0 radical (unpaired) electrons. The lowest BCUT2D eigenvalue weighted by Gasteiger charge is -2.15. The minimum atomic E-state index is -3.75. The molecule has 0 spiro atoms. The molecule has 0 aliphatic carbocycles. The van der Waals surface area contributed by atoms with Crippen molar-refractivity contribution >= 4 is 15.7 Å². The lowest BCUT2D eigenvalue weighted by atomic mass is 10.1. The van der Waals surface area contributed by atoms with Gasteiger partial charge in [0.1, 0.15) is 11.9 Å². The summed E-state index contributed by atoms with van der Waals surface area (Å²) in [5.41, 5.74) is 1.70. The van der Waals surface area contributed by atoms with Gasteiger partial charge in [-0.15, -0.1) is 0 Å². The van der Waals surface area contributed by atoms with Crippen molar-refractivity contribution in [1.29, 1.82) is 0 Å². The molecule has 6 heteroatoms. The molecule has 5 nitrogen and oxygen atoms in total. The van der Waals surface area contributed by atoms with Gasteiger partial charge in [-0.2, -0.15) is 0 Å². The summed E-state index contributed by atoms with van der Waals surface area (Å²) in [6.07, 6.45) is 0.398. The highest BCUT2D eigenvalue weighted by atomic mass is 32.2. The second-order valence-electron chi connectivity index (χ2n) is 5.42. The maximum atomic E-state index is 12.6. The van der Waals surface area contributed by atoms with E-state index >= 15 is 0 Å². The number of benzene rings is 2. The number of rotatable bonds is 5. The zero-order valence-electron chi connectivity index (χ0n) is 13.0. The van der Waals surface area contributed by atoms with Gasteiger partial charge in [-0.05, 0) is 37.3 Å². The van der Waals surface area contributed by atoms with Crippen LogP contribution in [0.15, 0.2) is 76.2 Å². The van der Waals surface area contributed by atoms with E-state index in [4.69, 9.17) is 4.42 Å². The Bertz CT molecular complexity index is 916. The minimum Gasteiger partial charge on any atom is -0.466 e. The van der Waals surface area contributed by atoms with Crippen molar-refractivity contribution in [2.24, 2.45) is 0 Å². The third-order valence-electron chi connectivity index (χ3n) is 3.64. The molecule has 3 rings (SSSR count). The highest BCUT2D eigenvalue weighted by Crippen LogP contribution is 2.30. The Morgan fingerprint density at radius 2 is 1.71 bits per heavy atom. The van der Waals surface area contributed by atoms with E-state index < -0.39 is 16.1 Å². The van der Waals surface area contributed by atoms with Crippen LogP contribution in [0, 0.1) is 6.92 Å². The summed E-state index contributed by atoms with van der Waals surface area (Å²) in [5.74, 6) is 0.344. The number of nitrogens with one attached hydrogen (secondary N) is 1. The molecule has 24 heavy (non-hydrogen) atoms. The molecule has 0 fully saturated rings. The van der Waals surface area contributed by atoms with Crippen LogP contribution in [0.1, 0.15) is 23.0 Å². The van der Waals surface area contributed by atoms with E-state index in [2.05, 4.69) is 4.72 Å². The Hall–Kier alpha value is -2.57. The van der Waals surface area contributed by atoms with E-state index in [9.17, 15) is 13.5 Å². The smallest absolute Gasteiger partial charge is 0.261 e. The highest BCUT2D eigenvalue weighted by molar-refractivity contribution is 7.92. The van der Waals surface area contributed by atoms with Crippen LogP contribution in [0.5, 0.6) is 0 Å². The zero-order valence-corrected chi connectivity index (χ0v) is 13.8. The molecule has 1 heterocycles. The molecule has 3 aromatic rings. The van der Waals surface area contributed by atoms with Crippen molar-refractivity contribution in [2.75, 3.05) is 4.72 Å². The topological polar surface area (TPSA) is 79.5 Å². The summed E-state index contributed by atoms with van der Waals surface area (Å²) < 4.78 is 32.9. The monoisotopic (exact) mass is 343 g/mol. The fourth-order valence-corrected chi connectivity index (χ4v) is 3.44. The van der Waals surface area contributed by atoms with Gasteiger partial charge < -0.3 is 9.52 Å². The molecule has 2 aromatic carbocycles. The Kier molecular flexibility index (Phi) is 4.42. The van der Waals surface area contributed by atoms with Gasteiger partial charge in [0, 0.05) is 5.56 Å². The molecule has 0 aliphatic rings. The molecule has 0 aliphatic heterocycles. The number of para-hydroxylation sites is 1. The van der Waals surface area contributed by atoms with Crippen molar-refractivity contribution in [3.8, 4) is 0 Å². The largest absolute Gasteiger partial charge is 0.466 e. The van der Waals surface area contributed by atoms with Gasteiger partial charge in [0.2, 0.25) is 0 Å². The van der Waals surface area contributed by atoms with Gasteiger partial charge in [-0.1, -0.05) is 35.9 Å². The molecular weight excluding hydrogens is 326 g/mol. The van der Waals surface area contributed by atoms with Gasteiger partial charge in [0.25, 0.3) is 10.0 Å². The maximum Gasteiger partial charge on any atom is 0.261 e. The van der Waals surface area contributed by atoms with Gasteiger partial charge in [0.15, 0.2) is 0 Å². The predicted octanol–water partition coefficient (Wildman–Crippen LogP) is 3.47. The summed E-state index contributed by atoms with van der Waals surface area (Å²) in [4.78, 5) is 0.162. The third kappa shape index (κ3) is 3.34. The van der Waals surface area contributed by atoms with Crippen LogP contribution in [-0.4, -0.2) is 13.5 Å². The number of hydrogen-bond acceptors (Lipinski definition) is 4. The van der Waals surface area contributed by atoms with Crippen molar-refractivity contribution in [3.63, 3.8) is 0 Å². The number of sulfonamides is 1. The van der Waals surface area contributed by atoms with Crippen LogP contribution in [0.3, 0.4) is 0 Å². The van der Waals surface area contributed by atoms with Crippen LogP contribution in [0.2, 0.25) is 0 Å². The molecule has 1 aromatic heterocycles. The summed E-state index contributed by atoms with van der Waals surface area (Å²) in [7, 11) is -3.75. The Labute approximate surface area is 140 Å². The summed E-state index contributed by atoms with van der Waals surface area (Å²) in [6, 6.07) is 16.5. The van der Waals surface area contributed by atoms with Crippen LogP contribution < -0.4 is 4.72 Å². The Morgan fingerprint density at radius 3 is 2.38 bits per heavy atom. The number of aliphatic hydroxyl groups is 1. The number of furan rings is 1. The molecule has 0 amide bonds. The fraction of sp³-hybridized carbons (Fsp3) is 0.111. The number of hydrogen-bond donors (Lipinski definition) is 2. The number of aliphatic hydroxyl groups excluding tert-OH is 1. The van der Waals surface area contributed by atoms with E-state index in [-0.39, 0.29) is 4.90 Å². The lowest BCUT2D eigenvalue weighted by Crippen LogP contribution is -2.15. The Balaban J connectivity index is 1.94. The predicted molar refractivity (Wildman–Crippen MR) is 91.2 cm³/mol. The fourth-order valence-electron chi connectivity index (χ4n) is 2.35. The van der Waals surface area contributed by atoms with E-state index in [1.165, 1.54) is 6.26 Å². The standard InChI is InChI=1S/C18H17NO4S/c1-13-8-10-14(11-9-13)24(21,22)19-16-6-3-2-5-15(16)18(20)17-7-4-12-23-17/h2-12,18-20H,1H3. The molecule has 0 saturated carbocycles. The molecular formula is C18H17NO4S. The molecule has 1 atom stereocenters. The third-order valence-corrected chi connectivity index (χ3v) is 5.03. The molecule has 0 saturated heterocycles. The van der Waals surface area contributed by atoms with Gasteiger partial charge >= 0.3 is 0 Å². The summed E-state index contributed by atoms with van der Waals surface area (Å²) in [5, 5.41) is 10.4. The second-order valence-corrected chi connectivity index (χ2v) is 7.11. The summed E-state index contributed by atoms with van der Waals surface area (Å²) >= 11 is 0. The van der Waals surface area contributed by atoms with Crippen molar-refractivity contribution in [2.45, 2.75) is 17.9 Å². The van der Waals surface area contributed by atoms with Crippen LogP contribution >= 0.6 is 0 Å². The average molecular weight is 343 g/mol. The minimum absolute atomic E-state index is 0.162. The highest BCUT2D eigenvalue weighted by Gasteiger charge is 2.21. The first-order valence-electron chi connectivity index (χ1n) is 7.37. The second kappa shape index (κ2) is 6.51. The van der Waals surface area contributed by atoms with Crippen LogP contribution in [0.4, 0.5) is 5.69 Å². The first kappa shape index (κ1) is 16.3. The van der Waals surface area contributed by atoms with Crippen molar-refractivity contribution in [3.05, 3.63) is 83.8 Å². The maximum absolute atomic E-state index is 12.6. The van der Waals surface area contributed by atoms with Crippen LogP contribution in [0.25, 0.3) is 0 Å². The number of anilines is 1. The van der Waals surface area contributed by atoms with Crippen molar-refractivity contribution < 1.29 is 17.9 Å². The zero-order chi connectivity index (χ0) is 17.2. The van der Waals surface area contributed by atoms with E-state index in [1.807, 2.05) is 6.92 Å². The SMILES string of the molecule is Cc1ccc(S(=O)(=O)Nc2ccccc2C(O)c2ccco2)cc1. The van der Waals surface area contributed by atoms with Crippen LogP contribution in [-0.2, 0) is 10.0 Å². The van der Waals surface area contributed by atoms with E-state index in [0.29, 0.717) is 17.0 Å². The summed E-state index contributed by atoms with van der Waals surface area (Å²) in [6.45, 7) is 1.89. The van der Waals surface area contributed by atoms with Gasteiger partial charge in [-0.25, -0.2) is 8.42 Å². The number of aryl methyl sites for hydroxylation is 1. The quantitative estimate of drug-likeness (QED) is 0.743. The molecule has 124 valence electrons. The van der Waals surface area contributed by atoms with E-state index in [0.717, 1.165) is 5.56 Å². The first-order valence-corrected chi connectivity index (χ1v) is 8.85. The molecule has 2 N–H and O–H groups in total. The molecule has 1 unspecified atom stereocenters. The average Bonchev–Trinajstić information content (AvgIpc) is 3.09. The van der Waals surface area contributed by atoms with E-state index in [1.54, 1.807) is 60.7 Å². The van der Waals surface area contributed by atoms with Crippen molar-refractivity contribution in [1.82, 2.24) is 0 Å². The van der Waals surface area contributed by atoms with Gasteiger partial charge in [-0.3, -0.25) is 4.72 Å².